The van der Waals surface area contributed by atoms with Gasteiger partial charge in [-0.05, 0) is 38.5 Å². The van der Waals surface area contributed by atoms with E-state index in [0.717, 1.165) is 51.4 Å². The van der Waals surface area contributed by atoms with E-state index in [-0.39, 0.29) is 38.6 Å². The lowest BCUT2D eigenvalue weighted by Crippen LogP contribution is -2.29. The van der Waals surface area contributed by atoms with Crippen molar-refractivity contribution in [1.29, 1.82) is 0 Å². The largest absolute Gasteiger partial charge is 0.472 e. The number of phosphoric acid groups is 1. The Labute approximate surface area is 326 Å². The molecule has 2 unspecified atom stereocenters. The van der Waals surface area contributed by atoms with Crippen LogP contribution in [0.2, 0.25) is 0 Å². The molecule has 0 fully saturated rings. The van der Waals surface area contributed by atoms with E-state index in [1.165, 1.54) is 135 Å². The zero-order valence-electron chi connectivity index (χ0n) is 34.5. The van der Waals surface area contributed by atoms with Crippen molar-refractivity contribution in [2.24, 2.45) is 5.73 Å². The Hall–Kier alpha value is -1.25. The van der Waals surface area contributed by atoms with E-state index in [2.05, 4.69) is 26.0 Å². The van der Waals surface area contributed by atoms with E-state index in [1.54, 1.807) is 0 Å². The molecule has 2 atom stereocenters. The fourth-order valence-corrected chi connectivity index (χ4v) is 7.10. The third kappa shape index (κ3) is 40.2. The number of hydrogen-bond acceptors (Lipinski definition) is 8. The molecule has 0 aliphatic carbocycles. The summed E-state index contributed by atoms with van der Waals surface area (Å²) >= 11 is 0. The van der Waals surface area contributed by atoms with Crippen molar-refractivity contribution in [3.63, 3.8) is 0 Å². The van der Waals surface area contributed by atoms with Gasteiger partial charge in [0.2, 0.25) is 0 Å². The van der Waals surface area contributed by atoms with Crippen molar-refractivity contribution in [1.82, 2.24) is 0 Å². The zero-order valence-corrected chi connectivity index (χ0v) is 35.4. The predicted octanol–water partition coefficient (Wildman–Crippen LogP) is 12.6. The second-order valence-corrected chi connectivity index (χ2v) is 16.4. The molecule has 0 bridgehead atoms. The number of carbonyl (C=O) groups excluding carboxylic acids is 2. The van der Waals surface area contributed by atoms with E-state index >= 15 is 0 Å². The first kappa shape index (κ1) is 51.8. The molecule has 0 amide bonds. The van der Waals surface area contributed by atoms with E-state index in [0.29, 0.717) is 6.42 Å². The summed E-state index contributed by atoms with van der Waals surface area (Å²) in [6.07, 6.45) is 40.9. The van der Waals surface area contributed by atoms with Crippen LogP contribution >= 0.6 is 7.82 Å². The molecular weight excluding hydrogens is 689 g/mol. The molecule has 0 aromatic heterocycles. The first-order chi connectivity index (χ1) is 25.8. The highest BCUT2D eigenvalue weighted by Gasteiger charge is 2.26. The lowest BCUT2D eigenvalue weighted by molar-refractivity contribution is -0.161. The average molecular weight is 774 g/mol. The van der Waals surface area contributed by atoms with Gasteiger partial charge >= 0.3 is 19.8 Å². The van der Waals surface area contributed by atoms with Gasteiger partial charge in [0.1, 0.15) is 6.61 Å². The minimum absolute atomic E-state index is 0.0549. The first-order valence-electron chi connectivity index (χ1n) is 22.2. The molecule has 0 aliphatic heterocycles. The summed E-state index contributed by atoms with van der Waals surface area (Å²) in [6, 6.07) is 0. The molecule has 0 radical (unpaired) electrons. The molecule has 0 spiro atoms. The molecule has 0 rings (SSSR count). The summed E-state index contributed by atoms with van der Waals surface area (Å²) in [4.78, 5) is 34.9. The van der Waals surface area contributed by atoms with Crippen LogP contribution in [0.4, 0.5) is 0 Å². The third-order valence-corrected chi connectivity index (χ3v) is 10.6. The van der Waals surface area contributed by atoms with Crippen LogP contribution in [0.25, 0.3) is 0 Å². The normalized spacial score (nSPS) is 13.4. The van der Waals surface area contributed by atoms with Crippen LogP contribution in [0.1, 0.15) is 219 Å². The quantitative estimate of drug-likeness (QED) is 0.0269. The van der Waals surface area contributed by atoms with Crippen LogP contribution < -0.4 is 5.73 Å². The summed E-state index contributed by atoms with van der Waals surface area (Å²) in [5.41, 5.74) is 5.35. The SMILES string of the molecule is CCCCCCCC/C=C\CCCCCCCC(=O)OC(COC(=O)CCCCCCCCCCCCCCCCCCC)COP(=O)(O)OCCN. The topological polar surface area (TPSA) is 134 Å². The van der Waals surface area contributed by atoms with Crippen LogP contribution in [-0.4, -0.2) is 49.3 Å². The van der Waals surface area contributed by atoms with Crippen LogP contribution in [0.5, 0.6) is 0 Å². The number of carbonyl (C=O) groups is 2. The molecule has 9 nitrogen and oxygen atoms in total. The number of nitrogens with two attached hydrogens (primary N) is 1. The van der Waals surface area contributed by atoms with Gasteiger partial charge in [-0.25, -0.2) is 4.57 Å². The van der Waals surface area contributed by atoms with E-state index in [9.17, 15) is 19.0 Å². The number of allylic oxidation sites excluding steroid dienone is 2. The smallest absolute Gasteiger partial charge is 0.462 e. The van der Waals surface area contributed by atoms with Gasteiger partial charge in [-0.1, -0.05) is 180 Å². The van der Waals surface area contributed by atoms with Crippen molar-refractivity contribution >= 4 is 19.8 Å². The summed E-state index contributed by atoms with van der Waals surface area (Å²) in [5, 5.41) is 0. The van der Waals surface area contributed by atoms with E-state index in [1.807, 2.05) is 0 Å². The van der Waals surface area contributed by atoms with Gasteiger partial charge in [0.15, 0.2) is 6.10 Å². The summed E-state index contributed by atoms with van der Waals surface area (Å²) in [6.45, 7) is 3.75. The standard InChI is InChI=1S/C43H84NO8P/c1-3-5-7-9-11-13-15-17-19-20-22-23-25-27-29-31-33-35-42(45)49-39-41(40-51-53(47,48)50-38-37-44)52-43(46)36-34-32-30-28-26-24-21-18-16-14-12-10-8-6-4-2/h18,21,41H,3-17,19-20,22-40,44H2,1-2H3,(H,47,48)/b21-18-. The molecule has 0 heterocycles. The van der Waals surface area contributed by atoms with Crippen LogP contribution in [0, 0.1) is 0 Å². The average Bonchev–Trinajstić information content (AvgIpc) is 3.14. The Balaban J connectivity index is 4.11. The Morgan fingerprint density at radius 1 is 0.547 bits per heavy atom. The second-order valence-electron chi connectivity index (χ2n) is 14.9. The molecule has 314 valence electrons. The van der Waals surface area contributed by atoms with E-state index < -0.39 is 26.5 Å². The van der Waals surface area contributed by atoms with Crippen LogP contribution in [0.15, 0.2) is 12.2 Å². The van der Waals surface area contributed by atoms with Crippen LogP contribution in [0.3, 0.4) is 0 Å². The van der Waals surface area contributed by atoms with Crippen molar-refractivity contribution in [2.75, 3.05) is 26.4 Å². The second kappa shape index (κ2) is 40.4. The lowest BCUT2D eigenvalue weighted by atomic mass is 10.0. The zero-order chi connectivity index (χ0) is 38.9. The maximum absolute atomic E-state index is 12.6. The summed E-state index contributed by atoms with van der Waals surface area (Å²) in [5.74, 6) is -0.827. The van der Waals surface area contributed by atoms with Gasteiger partial charge < -0.3 is 20.1 Å². The Morgan fingerprint density at radius 2 is 0.925 bits per heavy atom. The summed E-state index contributed by atoms with van der Waals surface area (Å²) < 4.78 is 32.8. The van der Waals surface area contributed by atoms with Crippen molar-refractivity contribution in [2.45, 2.75) is 225 Å². The van der Waals surface area contributed by atoms with Gasteiger partial charge in [-0.2, -0.15) is 0 Å². The monoisotopic (exact) mass is 774 g/mol. The number of rotatable bonds is 42. The molecule has 0 saturated heterocycles. The molecule has 10 heteroatoms. The molecule has 0 aromatic rings. The van der Waals surface area contributed by atoms with Crippen molar-refractivity contribution < 1.29 is 37.6 Å². The Morgan fingerprint density at radius 3 is 1.34 bits per heavy atom. The van der Waals surface area contributed by atoms with Crippen LogP contribution in [-0.2, 0) is 32.7 Å². The molecule has 53 heavy (non-hydrogen) atoms. The highest BCUT2D eigenvalue weighted by Crippen LogP contribution is 2.43. The van der Waals surface area contributed by atoms with E-state index in [4.69, 9.17) is 24.3 Å². The van der Waals surface area contributed by atoms with Crippen molar-refractivity contribution in [3.8, 4) is 0 Å². The van der Waals surface area contributed by atoms with Gasteiger partial charge in [0.25, 0.3) is 0 Å². The Bertz CT molecular complexity index is 886. The molecule has 3 N–H and O–H groups in total. The fourth-order valence-electron chi connectivity index (χ4n) is 6.34. The molecule has 0 aliphatic rings. The van der Waals surface area contributed by atoms with Gasteiger partial charge in [-0.15, -0.1) is 0 Å². The number of hydrogen-bond donors (Lipinski definition) is 2. The highest BCUT2D eigenvalue weighted by molar-refractivity contribution is 7.47. The third-order valence-electron chi connectivity index (χ3n) is 9.65. The van der Waals surface area contributed by atoms with Gasteiger partial charge in [-0.3, -0.25) is 18.6 Å². The lowest BCUT2D eigenvalue weighted by Gasteiger charge is -2.19. The summed E-state index contributed by atoms with van der Waals surface area (Å²) in [7, 11) is -4.37. The maximum atomic E-state index is 12.6. The fraction of sp³-hybridized carbons (Fsp3) is 0.907. The number of ether oxygens (including phenoxy) is 2. The maximum Gasteiger partial charge on any atom is 0.472 e. The predicted molar refractivity (Wildman–Crippen MR) is 220 cm³/mol. The molecule has 0 aromatic carbocycles. The van der Waals surface area contributed by atoms with Gasteiger partial charge in [0.05, 0.1) is 13.2 Å². The number of esters is 2. The molecule has 0 saturated carbocycles. The minimum atomic E-state index is -4.37. The Kier molecular flexibility index (Phi) is 39.5. The highest BCUT2D eigenvalue weighted by atomic mass is 31.2. The van der Waals surface area contributed by atoms with Crippen molar-refractivity contribution in [3.05, 3.63) is 12.2 Å². The number of unbranched alkanes of at least 4 members (excludes halogenated alkanes) is 27. The number of phosphoric ester groups is 1. The minimum Gasteiger partial charge on any atom is -0.462 e. The van der Waals surface area contributed by atoms with Gasteiger partial charge in [0, 0.05) is 19.4 Å². The first-order valence-corrected chi connectivity index (χ1v) is 23.7. The molecular formula is C43H84NO8P.